The van der Waals surface area contributed by atoms with Gasteiger partial charge in [0.15, 0.2) is 0 Å². The Kier molecular flexibility index (Phi) is 7.04. The number of hydrogen-bond donors (Lipinski definition) is 3. The standard InChI is InChI=1S/C22H24F3N7/c1-13(26)9-20-14(2)15(3)29-21(31-20)32-28-12-18-7-8-19(11-27-18)30-17-6-4-5-16(10-17)22(23,24)25/h4-8,10-13,30H,9,26H2,1-3H3,(H,29,31,32)/b28-12+. The summed E-state index contributed by atoms with van der Waals surface area (Å²) in [6, 6.07) is 8.33. The highest BCUT2D eigenvalue weighted by Gasteiger charge is 2.30. The minimum Gasteiger partial charge on any atom is -0.354 e. The van der Waals surface area contributed by atoms with Crippen LogP contribution in [0.2, 0.25) is 0 Å². The van der Waals surface area contributed by atoms with Gasteiger partial charge in [-0.15, -0.1) is 0 Å². The van der Waals surface area contributed by atoms with Crippen LogP contribution >= 0.6 is 0 Å². The zero-order valence-corrected chi connectivity index (χ0v) is 17.9. The first-order valence-corrected chi connectivity index (χ1v) is 9.91. The highest BCUT2D eigenvalue weighted by Crippen LogP contribution is 2.31. The minimum absolute atomic E-state index is 0.0217. The van der Waals surface area contributed by atoms with E-state index in [-0.39, 0.29) is 6.04 Å². The highest BCUT2D eigenvalue weighted by atomic mass is 19.4. The van der Waals surface area contributed by atoms with Gasteiger partial charge in [0.05, 0.1) is 35.1 Å². The molecule has 2 heterocycles. The molecule has 0 bridgehead atoms. The molecule has 3 rings (SSSR count). The third-order valence-electron chi connectivity index (χ3n) is 4.63. The number of alkyl halides is 3. The molecule has 0 fully saturated rings. The first-order valence-electron chi connectivity index (χ1n) is 9.91. The zero-order chi connectivity index (χ0) is 23.3. The molecule has 10 heteroatoms. The van der Waals surface area contributed by atoms with Crippen molar-refractivity contribution in [1.82, 2.24) is 15.0 Å². The summed E-state index contributed by atoms with van der Waals surface area (Å²) in [5.74, 6) is 0.364. The van der Waals surface area contributed by atoms with Crippen LogP contribution < -0.4 is 16.5 Å². The van der Waals surface area contributed by atoms with Gasteiger partial charge < -0.3 is 11.1 Å². The number of halogens is 3. The Hall–Kier alpha value is -3.53. The van der Waals surface area contributed by atoms with Gasteiger partial charge in [0.2, 0.25) is 5.95 Å². The van der Waals surface area contributed by atoms with Crippen molar-refractivity contribution >= 4 is 23.5 Å². The molecule has 0 amide bonds. The Morgan fingerprint density at radius 2 is 1.91 bits per heavy atom. The van der Waals surface area contributed by atoms with E-state index < -0.39 is 11.7 Å². The van der Waals surface area contributed by atoms with Crippen LogP contribution in [0.15, 0.2) is 47.7 Å². The largest absolute Gasteiger partial charge is 0.416 e. The van der Waals surface area contributed by atoms with Crippen LogP contribution in [-0.4, -0.2) is 27.2 Å². The second-order valence-corrected chi connectivity index (χ2v) is 7.43. The Morgan fingerprint density at radius 3 is 2.56 bits per heavy atom. The molecule has 0 saturated heterocycles. The van der Waals surface area contributed by atoms with Crippen LogP contribution in [0, 0.1) is 13.8 Å². The van der Waals surface area contributed by atoms with E-state index in [0.29, 0.717) is 29.4 Å². The van der Waals surface area contributed by atoms with Crippen molar-refractivity contribution in [3.8, 4) is 0 Å². The molecule has 0 spiro atoms. The number of benzene rings is 1. The van der Waals surface area contributed by atoms with Crippen LogP contribution in [0.3, 0.4) is 0 Å². The van der Waals surface area contributed by atoms with E-state index in [2.05, 4.69) is 30.8 Å². The van der Waals surface area contributed by atoms with E-state index in [9.17, 15) is 13.2 Å². The Morgan fingerprint density at radius 1 is 1.12 bits per heavy atom. The van der Waals surface area contributed by atoms with Crippen molar-refractivity contribution in [3.63, 3.8) is 0 Å². The first kappa shape index (κ1) is 23.1. The van der Waals surface area contributed by atoms with Crippen LogP contribution in [0.5, 0.6) is 0 Å². The number of rotatable bonds is 7. The van der Waals surface area contributed by atoms with Crippen molar-refractivity contribution in [2.75, 3.05) is 10.7 Å². The zero-order valence-electron chi connectivity index (χ0n) is 17.9. The molecule has 4 N–H and O–H groups in total. The molecule has 0 aliphatic carbocycles. The predicted molar refractivity (Wildman–Crippen MR) is 119 cm³/mol. The Balaban J connectivity index is 1.64. The average molecular weight is 443 g/mol. The van der Waals surface area contributed by atoms with E-state index in [4.69, 9.17) is 5.73 Å². The van der Waals surface area contributed by atoms with Crippen LogP contribution in [0.25, 0.3) is 0 Å². The maximum Gasteiger partial charge on any atom is 0.416 e. The SMILES string of the molecule is Cc1nc(N/N=C/c2ccc(Nc3cccc(C(F)(F)F)c3)cn2)nc(CC(C)N)c1C. The van der Waals surface area contributed by atoms with Crippen molar-refractivity contribution < 1.29 is 13.2 Å². The van der Waals surface area contributed by atoms with E-state index in [0.717, 1.165) is 29.1 Å². The monoisotopic (exact) mass is 443 g/mol. The van der Waals surface area contributed by atoms with E-state index in [1.807, 2.05) is 20.8 Å². The smallest absolute Gasteiger partial charge is 0.354 e. The lowest BCUT2D eigenvalue weighted by molar-refractivity contribution is -0.137. The van der Waals surface area contributed by atoms with Crippen LogP contribution in [0.4, 0.5) is 30.5 Å². The van der Waals surface area contributed by atoms with Crippen molar-refractivity contribution in [2.24, 2.45) is 10.8 Å². The lowest BCUT2D eigenvalue weighted by atomic mass is 10.1. The number of nitrogens with one attached hydrogen (secondary N) is 2. The predicted octanol–water partition coefficient (Wildman–Crippen LogP) is 4.59. The Bertz CT molecular complexity index is 1090. The average Bonchev–Trinajstić information content (AvgIpc) is 2.72. The molecule has 1 unspecified atom stereocenters. The van der Waals surface area contributed by atoms with E-state index in [1.54, 1.807) is 18.2 Å². The summed E-state index contributed by atoms with van der Waals surface area (Å²) in [5, 5.41) is 7.02. The number of anilines is 3. The number of aromatic nitrogens is 3. The number of aryl methyl sites for hydroxylation is 1. The summed E-state index contributed by atoms with van der Waals surface area (Å²) >= 11 is 0. The van der Waals surface area contributed by atoms with Crippen molar-refractivity contribution in [2.45, 2.75) is 39.4 Å². The lowest BCUT2D eigenvalue weighted by Crippen LogP contribution is -2.20. The van der Waals surface area contributed by atoms with Gasteiger partial charge in [-0.1, -0.05) is 6.07 Å². The van der Waals surface area contributed by atoms with Crippen molar-refractivity contribution in [3.05, 3.63) is 70.8 Å². The molecule has 0 saturated carbocycles. The number of nitrogens with two attached hydrogens (primary N) is 1. The molecule has 2 aromatic heterocycles. The molecule has 1 atom stereocenters. The molecule has 0 aliphatic rings. The molecular weight excluding hydrogens is 419 g/mol. The minimum atomic E-state index is -4.40. The van der Waals surface area contributed by atoms with Gasteiger partial charge in [-0.05, 0) is 56.7 Å². The summed E-state index contributed by atoms with van der Waals surface area (Å²) in [6.07, 6.45) is -0.755. The summed E-state index contributed by atoms with van der Waals surface area (Å²) in [7, 11) is 0. The fourth-order valence-electron chi connectivity index (χ4n) is 2.89. The second-order valence-electron chi connectivity index (χ2n) is 7.43. The van der Waals surface area contributed by atoms with E-state index in [1.165, 1.54) is 18.5 Å². The molecule has 1 aromatic carbocycles. The van der Waals surface area contributed by atoms with Gasteiger partial charge >= 0.3 is 6.18 Å². The Labute approximate surface area is 184 Å². The maximum atomic E-state index is 12.8. The van der Waals surface area contributed by atoms with E-state index >= 15 is 0 Å². The van der Waals surface area contributed by atoms with Crippen LogP contribution in [0.1, 0.15) is 35.1 Å². The highest BCUT2D eigenvalue weighted by molar-refractivity contribution is 5.78. The molecule has 3 aromatic rings. The molecular formula is C22H24F3N7. The molecule has 7 nitrogen and oxygen atoms in total. The maximum absolute atomic E-state index is 12.8. The summed E-state index contributed by atoms with van der Waals surface area (Å²) in [5.41, 5.74) is 12.1. The molecule has 168 valence electrons. The first-order chi connectivity index (χ1) is 15.1. The fraction of sp³-hybridized carbons (Fsp3) is 0.273. The molecule has 32 heavy (non-hydrogen) atoms. The number of pyridine rings is 1. The van der Waals surface area contributed by atoms with Gasteiger partial charge in [0.1, 0.15) is 0 Å². The third kappa shape index (κ3) is 6.24. The number of hydrogen-bond acceptors (Lipinski definition) is 7. The van der Waals surface area contributed by atoms with Gasteiger partial charge in [-0.25, -0.2) is 15.4 Å². The topological polar surface area (TPSA) is 101 Å². The van der Waals surface area contributed by atoms with Crippen LogP contribution in [-0.2, 0) is 12.6 Å². The normalized spacial score (nSPS) is 12.7. The molecule has 0 radical (unpaired) electrons. The van der Waals surface area contributed by atoms with Gasteiger partial charge in [0.25, 0.3) is 0 Å². The summed E-state index contributed by atoms with van der Waals surface area (Å²) in [4.78, 5) is 13.1. The number of hydrazone groups is 1. The van der Waals surface area contributed by atoms with Gasteiger partial charge in [0, 0.05) is 23.8 Å². The fourth-order valence-corrected chi connectivity index (χ4v) is 2.89. The lowest BCUT2D eigenvalue weighted by Gasteiger charge is -2.11. The second kappa shape index (κ2) is 9.73. The quantitative estimate of drug-likeness (QED) is 0.365. The summed E-state index contributed by atoms with van der Waals surface area (Å²) < 4.78 is 38.5. The number of nitrogens with zero attached hydrogens (tertiary/aromatic N) is 4. The van der Waals surface area contributed by atoms with Gasteiger partial charge in [-0.3, -0.25) is 4.98 Å². The van der Waals surface area contributed by atoms with Crippen molar-refractivity contribution in [1.29, 1.82) is 0 Å². The summed E-state index contributed by atoms with van der Waals surface area (Å²) in [6.45, 7) is 5.77. The van der Waals surface area contributed by atoms with Gasteiger partial charge in [-0.2, -0.15) is 18.3 Å². The third-order valence-corrected chi connectivity index (χ3v) is 4.63. The molecule has 0 aliphatic heterocycles.